The normalized spacial score (nSPS) is 19.9. The van der Waals surface area contributed by atoms with Gasteiger partial charge in [0.25, 0.3) is 0 Å². The average molecular weight is 219 g/mol. The van der Waals surface area contributed by atoms with Gasteiger partial charge in [0.05, 0.1) is 0 Å². The third-order valence-electron chi connectivity index (χ3n) is 2.69. The van der Waals surface area contributed by atoms with Gasteiger partial charge in [0.2, 0.25) is 5.24 Å². The monoisotopic (exact) mass is 218 g/mol. The minimum absolute atomic E-state index is 0.205. The Morgan fingerprint density at radius 1 is 1.21 bits per heavy atom. The topological polar surface area (TPSA) is 23.6 Å². The molecule has 1 heterocycles. The Bertz CT molecular complexity index is 179. The van der Waals surface area contributed by atoms with E-state index in [0.29, 0.717) is 6.42 Å². The number of hydrogen-bond acceptors (Lipinski definition) is 3. The molecule has 0 unspecified atom stereocenters. The molecule has 0 radical (unpaired) electrons. The van der Waals surface area contributed by atoms with Crippen LogP contribution in [0.15, 0.2) is 0 Å². The molecule has 0 saturated carbocycles. The van der Waals surface area contributed by atoms with Crippen molar-refractivity contribution in [3.63, 3.8) is 0 Å². The molecule has 0 amide bonds. The Labute approximate surface area is 91.0 Å². The summed E-state index contributed by atoms with van der Waals surface area (Å²) in [7, 11) is 2.16. The molecule has 14 heavy (non-hydrogen) atoms. The number of unbranched alkanes of at least 4 members (excludes halogenated alkanes) is 1. The lowest BCUT2D eigenvalue weighted by atomic mass is 10.2. The van der Waals surface area contributed by atoms with Crippen LogP contribution in [-0.4, -0.2) is 54.8 Å². The highest BCUT2D eigenvalue weighted by Gasteiger charge is 2.12. The number of hydrogen-bond donors (Lipinski definition) is 0. The first-order valence-electron chi connectivity index (χ1n) is 5.28. The van der Waals surface area contributed by atoms with E-state index in [-0.39, 0.29) is 5.24 Å². The minimum Gasteiger partial charge on any atom is -0.304 e. The Morgan fingerprint density at radius 3 is 2.43 bits per heavy atom. The second kappa shape index (κ2) is 6.38. The van der Waals surface area contributed by atoms with Gasteiger partial charge in [0, 0.05) is 32.6 Å². The largest absolute Gasteiger partial charge is 0.304 e. The molecule has 1 aliphatic rings. The van der Waals surface area contributed by atoms with Gasteiger partial charge in [-0.25, -0.2) is 0 Å². The van der Waals surface area contributed by atoms with Crippen molar-refractivity contribution in [2.75, 3.05) is 39.8 Å². The summed E-state index contributed by atoms with van der Waals surface area (Å²) in [4.78, 5) is 15.3. The van der Waals surface area contributed by atoms with Crippen LogP contribution in [0.4, 0.5) is 0 Å². The van der Waals surface area contributed by atoms with Crippen LogP contribution < -0.4 is 0 Å². The SMILES string of the molecule is CN1CCN(CCCCC(=O)Cl)CC1. The van der Waals surface area contributed by atoms with E-state index in [9.17, 15) is 4.79 Å². The molecule has 0 aromatic heterocycles. The van der Waals surface area contributed by atoms with E-state index in [1.165, 1.54) is 0 Å². The van der Waals surface area contributed by atoms with Crippen molar-refractivity contribution < 1.29 is 4.79 Å². The Kier molecular flexibility index (Phi) is 5.45. The predicted octanol–water partition coefficient (Wildman–Crippen LogP) is 1.17. The molecule has 3 nitrogen and oxygen atoms in total. The average Bonchev–Trinajstić information content (AvgIpc) is 2.15. The van der Waals surface area contributed by atoms with Gasteiger partial charge in [-0.05, 0) is 38.0 Å². The molecule has 0 N–H and O–H groups in total. The summed E-state index contributed by atoms with van der Waals surface area (Å²) < 4.78 is 0. The number of piperazine rings is 1. The summed E-state index contributed by atoms with van der Waals surface area (Å²) in [5.74, 6) is 0. The molecule has 0 aliphatic carbocycles. The summed E-state index contributed by atoms with van der Waals surface area (Å²) >= 11 is 5.26. The van der Waals surface area contributed by atoms with Crippen molar-refractivity contribution in [3.8, 4) is 0 Å². The van der Waals surface area contributed by atoms with Gasteiger partial charge in [0.15, 0.2) is 0 Å². The molecule has 0 bridgehead atoms. The standard InChI is InChI=1S/C10H19ClN2O/c1-12-6-8-13(9-7-12)5-3-2-4-10(11)14/h2-9H2,1H3. The third-order valence-corrected chi connectivity index (χ3v) is 2.88. The molecule has 0 spiro atoms. The first-order valence-corrected chi connectivity index (χ1v) is 5.65. The number of halogens is 1. The van der Waals surface area contributed by atoms with Crippen molar-refractivity contribution in [3.05, 3.63) is 0 Å². The lowest BCUT2D eigenvalue weighted by molar-refractivity contribution is -0.111. The van der Waals surface area contributed by atoms with Gasteiger partial charge < -0.3 is 9.80 Å². The molecule has 1 aliphatic heterocycles. The predicted molar refractivity (Wildman–Crippen MR) is 58.6 cm³/mol. The second-order valence-corrected chi connectivity index (χ2v) is 4.38. The third kappa shape index (κ3) is 4.94. The zero-order chi connectivity index (χ0) is 10.4. The Balaban J connectivity index is 1.99. The van der Waals surface area contributed by atoms with Gasteiger partial charge in [-0.15, -0.1) is 0 Å². The summed E-state index contributed by atoms with van der Waals surface area (Å²) in [5.41, 5.74) is 0. The summed E-state index contributed by atoms with van der Waals surface area (Å²) in [6, 6.07) is 0. The maximum Gasteiger partial charge on any atom is 0.221 e. The molecule has 82 valence electrons. The van der Waals surface area contributed by atoms with E-state index >= 15 is 0 Å². The molecular formula is C10H19ClN2O. The fourth-order valence-corrected chi connectivity index (χ4v) is 1.80. The fourth-order valence-electron chi connectivity index (χ4n) is 1.67. The minimum atomic E-state index is -0.205. The van der Waals surface area contributed by atoms with E-state index in [1.807, 2.05) is 0 Å². The summed E-state index contributed by atoms with van der Waals surface area (Å²) in [5, 5.41) is -0.205. The highest BCUT2D eigenvalue weighted by Crippen LogP contribution is 2.04. The zero-order valence-electron chi connectivity index (χ0n) is 8.84. The van der Waals surface area contributed by atoms with Crippen LogP contribution in [0, 0.1) is 0 Å². The second-order valence-electron chi connectivity index (χ2n) is 3.96. The highest BCUT2D eigenvalue weighted by molar-refractivity contribution is 6.63. The maximum atomic E-state index is 10.5. The smallest absolute Gasteiger partial charge is 0.221 e. The lowest BCUT2D eigenvalue weighted by Crippen LogP contribution is -2.44. The van der Waals surface area contributed by atoms with Crippen LogP contribution >= 0.6 is 11.6 Å². The van der Waals surface area contributed by atoms with Crippen molar-refractivity contribution in [1.82, 2.24) is 9.80 Å². The first kappa shape index (κ1) is 12.0. The fraction of sp³-hybridized carbons (Fsp3) is 0.900. The molecule has 1 fully saturated rings. The molecule has 4 heteroatoms. The maximum absolute atomic E-state index is 10.5. The van der Waals surface area contributed by atoms with Gasteiger partial charge in [-0.1, -0.05) is 0 Å². The van der Waals surface area contributed by atoms with E-state index in [0.717, 1.165) is 45.6 Å². The number of carbonyl (C=O) groups is 1. The summed E-state index contributed by atoms with van der Waals surface area (Å²) in [6.45, 7) is 5.75. The van der Waals surface area contributed by atoms with Crippen LogP contribution in [0.3, 0.4) is 0 Å². The van der Waals surface area contributed by atoms with Crippen LogP contribution in [-0.2, 0) is 4.79 Å². The van der Waals surface area contributed by atoms with Crippen LogP contribution in [0.2, 0.25) is 0 Å². The van der Waals surface area contributed by atoms with Gasteiger partial charge in [-0.2, -0.15) is 0 Å². The molecule has 0 aromatic carbocycles. The van der Waals surface area contributed by atoms with Gasteiger partial charge >= 0.3 is 0 Å². The quantitative estimate of drug-likeness (QED) is 0.511. The Morgan fingerprint density at radius 2 is 1.86 bits per heavy atom. The van der Waals surface area contributed by atoms with Crippen LogP contribution in [0.25, 0.3) is 0 Å². The first-order chi connectivity index (χ1) is 6.68. The Hall–Kier alpha value is -0.120. The lowest BCUT2D eigenvalue weighted by Gasteiger charge is -2.32. The number of likely N-dealkylation sites (N-methyl/N-ethyl adjacent to an activating group) is 1. The van der Waals surface area contributed by atoms with Gasteiger partial charge in [0.1, 0.15) is 0 Å². The molecule has 0 atom stereocenters. The number of nitrogens with zero attached hydrogens (tertiary/aromatic N) is 2. The van der Waals surface area contributed by atoms with Crippen LogP contribution in [0.5, 0.6) is 0 Å². The molecule has 0 aromatic rings. The molecule has 1 saturated heterocycles. The number of carbonyl (C=O) groups excluding carboxylic acids is 1. The van der Waals surface area contributed by atoms with Crippen LogP contribution in [0.1, 0.15) is 19.3 Å². The van der Waals surface area contributed by atoms with Crippen molar-refractivity contribution >= 4 is 16.8 Å². The van der Waals surface area contributed by atoms with E-state index < -0.39 is 0 Å². The molecular weight excluding hydrogens is 200 g/mol. The molecule has 1 rings (SSSR count). The van der Waals surface area contributed by atoms with Crippen molar-refractivity contribution in [2.24, 2.45) is 0 Å². The van der Waals surface area contributed by atoms with Crippen molar-refractivity contribution in [2.45, 2.75) is 19.3 Å². The summed E-state index contributed by atoms with van der Waals surface area (Å²) in [6.07, 6.45) is 2.53. The number of rotatable bonds is 5. The van der Waals surface area contributed by atoms with E-state index in [1.54, 1.807) is 0 Å². The van der Waals surface area contributed by atoms with Gasteiger partial charge in [-0.3, -0.25) is 4.79 Å². The van der Waals surface area contributed by atoms with Crippen molar-refractivity contribution in [1.29, 1.82) is 0 Å². The van der Waals surface area contributed by atoms with E-state index in [4.69, 9.17) is 11.6 Å². The zero-order valence-corrected chi connectivity index (χ0v) is 9.59. The van der Waals surface area contributed by atoms with E-state index in [2.05, 4.69) is 16.8 Å². The highest BCUT2D eigenvalue weighted by atomic mass is 35.5.